The lowest BCUT2D eigenvalue weighted by molar-refractivity contribution is -0.117. The number of fused-ring (bicyclic) bond motifs is 1. The van der Waals surface area contributed by atoms with Crippen LogP contribution in [0.15, 0.2) is 58.5 Å². The van der Waals surface area contributed by atoms with E-state index in [0.717, 1.165) is 11.3 Å². The first kappa shape index (κ1) is 18.2. The number of para-hydroxylation sites is 2. The molecule has 0 aliphatic heterocycles. The van der Waals surface area contributed by atoms with Crippen LogP contribution in [-0.2, 0) is 4.79 Å². The lowest BCUT2D eigenvalue weighted by atomic mass is 10.0. The van der Waals surface area contributed by atoms with Crippen molar-refractivity contribution < 1.29 is 4.79 Å². The summed E-state index contributed by atoms with van der Waals surface area (Å²) in [4.78, 5) is 29.5. The molecule has 0 fully saturated rings. The summed E-state index contributed by atoms with van der Waals surface area (Å²) in [6.45, 7) is 5.88. The van der Waals surface area contributed by atoms with Crippen molar-refractivity contribution in [3.8, 4) is 5.69 Å². The second-order valence-electron chi connectivity index (χ2n) is 6.43. The van der Waals surface area contributed by atoms with E-state index >= 15 is 0 Å². The molecular formula is C20H21N3O2S. The van der Waals surface area contributed by atoms with E-state index in [9.17, 15) is 9.59 Å². The average molecular weight is 367 g/mol. The molecule has 26 heavy (non-hydrogen) atoms. The van der Waals surface area contributed by atoms with E-state index in [4.69, 9.17) is 5.73 Å². The maximum absolute atomic E-state index is 13.3. The number of rotatable bonds is 5. The predicted octanol–water partition coefficient (Wildman–Crippen LogP) is 3.48. The van der Waals surface area contributed by atoms with Crippen molar-refractivity contribution in [2.75, 3.05) is 0 Å². The molecule has 0 aliphatic carbocycles. The topological polar surface area (TPSA) is 78.0 Å². The Kier molecular flexibility index (Phi) is 5.13. The van der Waals surface area contributed by atoms with Crippen molar-refractivity contribution >= 4 is 28.6 Å². The van der Waals surface area contributed by atoms with E-state index in [1.165, 1.54) is 11.8 Å². The van der Waals surface area contributed by atoms with Gasteiger partial charge in [-0.2, -0.15) is 0 Å². The molecule has 3 aromatic rings. The number of carbonyl (C=O) groups excluding carboxylic acids is 1. The number of nitrogens with zero attached hydrogens (tertiary/aromatic N) is 2. The van der Waals surface area contributed by atoms with E-state index in [2.05, 4.69) is 18.8 Å². The number of aromatic nitrogens is 2. The first-order chi connectivity index (χ1) is 12.4. The molecule has 1 atom stereocenters. The number of primary amides is 1. The van der Waals surface area contributed by atoms with Crippen molar-refractivity contribution in [2.24, 2.45) is 5.73 Å². The fourth-order valence-corrected chi connectivity index (χ4v) is 3.67. The molecule has 1 unspecified atom stereocenters. The van der Waals surface area contributed by atoms with Crippen LogP contribution in [0.5, 0.6) is 0 Å². The van der Waals surface area contributed by atoms with E-state index < -0.39 is 11.2 Å². The third-order valence-corrected chi connectivity index (χ3v) is 5.30. The van der Waals surface area contributed by atoms with Crippen LogP contribution in [0.4, 0.5) is 0 Å². The van der Waals surface area contributed by atoms with Gasteiger partial charge >= 0.3 is 0 Å². The molecule has 0 spiro atoms. The van der Waals surface area contributed by atoms with Gasteiger partial charge in [0.15, 0.2) is 5.16 Å². The Labute approximate surface area is 156 Å². The Bertz CT molecular complexity index is 1030. The molecule has 1 heterocycles. The molecule has 0 saturated carbocycles. The Morgan fingerprint density at radius 2 is 1.73 bits per heavy atom. The lowest BCUT2D eigenvalue weighted by Gasteiger charge is -2.19. The Morgan fingerprint density at radius 3 is 2.42 bits per heavy atom. The Hall–Kier alpha value is -2.60. The average Bonchev–Trinajstić information content (AvgIpc) is 2.62. The maximum Gasteiger partial charge on any atom is 0.266 e. The summed E-state index contributed by atoms with van der Waals surface area (Å²) in [6.07, 6.45) is 0. The fraction of sp³-hybridized carbons (Fsp3) is 0.250. The van der Waals surface area contributed by atoms with Crippen LogP contribution in [0.25, 0.3) is 16.6 Å². The van der Waals surface area contributed by atoms with Crippen LogP contribution >= 0.6 is 11.8 Å². The van der Waals surface area contributed by atoms with Crippen LogP contribution < -0.4 is 11.3 Å². The van der Waals surface area contributed by atoms with Gasteiger partial charge in [0.25, 0.3) is 5.56 Å². The van der Waals surface area contributed by atoms with Gasteiger partial charge in [-0.1, -0.05) is 55.9 Å². The number of thioether (sulfide) groups is 1. The summed E-state index contributed by atoms with van der Waals surface area (Å²) in [6, 6.07) is 15.0. The zero-order valence-electron chi connectivity index (χ0n) is 15.0. The van der Waals surface area contributed by atoms with Crippen LogP contribution in [0, 0.1) is 0 Å². The first-order valence-corrected chi connectivity index (χ1v) is 9.35. The van der Waals surface area contributed by atoms with Crippen molar-refractivity contribution in [1.29, 1.82) is 0 Å². The first-order valence-electron chi connectivity index (χ1n) is 8.47. The largest absolute Gasteiger partial charge is 0.369 e. The summed E-state index contributed by atoms with van der Waals surface area (Å²) >= 11 is 1.20. The molecule has 2 N–H and O–H groups in total. The minimum atomic E-state index is -0.500. The molecule has 0 aliphatic rings. The molecule has 1 amide bonds. The normalized spacial score (nSPS) is 12.5. The maximum atomic E-state index is 13.3. The van der Waals surface area contributed by atoms with Gasteiger partial charge in [-0.25, -0.2) is 4.98 Å². The highest BCUT2D eigenvalue weighted by molar-refractivity contribution is 8.00. The molecule has 0 saturated heterocycles. The fourth-order valence-electron chi connectivity index (χ4n) is 2.80. The highest BCUT2D eigenvalue weighted by Crippen LogP contribution is 2.28. The van der Waals surface area contributed by atoms with Crippen LogP contribution in [0.3, 0.4) is 0 Å². The van der Waals surface area contributed by atoms with Crippen molar-refractivity contribution in [1.82, 2.24) is 9.55 Å². The van der Waals surface area contributed by atoms with Gasteiger partial charge in [0.2, 0.25) is 5.91 Å². The standard InChI is InChI=1S/C20H21N3O2S/c1-12(2)14-8-5-7-11-17(14)23-19(25)15-9-4-6-10-16(15)22-20(23)26-13(3)18(21)24/h4-13H,1-3H3,(H2,21,24). The second kappa shape index (κ2) is 7.33. The Balaban J connectivity index is 2.34. The SMILES string of the molecule is CC(Sc1nc2ccccc2c(=O)n1-c1ccccc1C(C)C)C(N)=O. The highest BCUT2D eigenvalue weighted by atomic mass is 32.2. The number of hydrogen-bond donors (Lipinski definition) is 1. The summed E-state index contributed by atoms with van der Waals surface area (Å²) in [5.41, 5.74) is 7.71. The molecule has 2 aromatic carbocycles. The minimum absolute atomic E-state index is 0.150. The number of hydrogen-bond acceptors (Lipinski definition) is 4. The van der Waals surface area contributed by atoms with Gasteiger partial charge < -0.3 is 5.73 Å². The van der Waals surface area contributed by atoms with E-state index in [1.54, 1.807) is 23.6 Å². The molecule has 5 nitrogen and oxygen atoms in total. The van der Waals surface area contributed by atoms with Gasteiger partial charge in [0.1, 0.15) is 0 Å². The van der Waals surface area contributed by atoms with Crippen LogP contribution in [0.1, 0.15) is 32.3 Å². The molecule has 6 heteroatoms. The number of carbonyl (C=O) groups is 1. The molecule has 134 valence electrons. The zero-order chi connectivity index (χ0) is 18.8. The summed E-state index contributed by atoms with van der Waals surface area (Å²) in [5, 5.41) is 0.510. The summed E-state index contributed by atoms with van der Waals surface area (Å²) in [7, 11) is 0. The number of nitrogens with two attached hydrogens (primary N) is 1. The third-order valence-electron chi connectivity index (χ3n) is 4.23. The van der Waals surface area contributed by atoms with E-state index in [-0.39, 0.29) is 11.5 Å². The molecule has 3 rings (SSSR count). The predicted molar refractivity (Wildman–Crippen MR) is 106 cm³/mol. The zero-order valence-corrected chi connectivity index (χ0v) is 15.8. The van der Waals surface area contributed by atoms with Crippen LogP contribution in [0.2, 0.25) is 0 Å². The van der Waals surface area contributed by atoms with Crippen molar-refractivity contribution in [3.05, 3.63) is 64.4 Å². The van der Waals surface area contributed by atoms with Gasteiger partial charge in [0.05, 0.1) is 21.8 Å². The third kappa shape index (κ3) is 3.37. The quantitative estimate of drug-likeness (QED) is 0.553. The monoisotopic (exact) mass is 367 g/mol. The van der Waals surface area contributed by atoms with E-state index in [1.807, 2.05) is 36.4 Å². The molecule has 0 radical (unpaired) electrons. The minimum Gasteiger partial charge on any atom is -0.369 e. The van der Waals surface area contributed by atoms with Gasteiger partial charge in [-0.15, -0.1) is 0 Å². The smallest absolute Gasteiger partial charge is 0.266 e. The second-order valence-corrected chi connectivity index (χ2v) is 7.74. The summed E-state index contributed by atoms with van der Waals surface area (Å²) in [5.74, 6) is -0.211. The van der Waals surface area contributed by atoms with Gasteiger partial charge in [0, 0.05) is 0 Å². The van der Waals surface area contributed by atoms with Crippen molar-refractivity contribution in [2.45, 2.75) is 37.1 Å². The van der Waals surface area contributed by atoms with Gasteiger partial charge in [-0.3, -0.25) is 14.2 Å². The van der Waals surface area contributed by atoms with Crippen LogP contribution in [-0.4, -0.2) is 20.7 Å². The highest BCUT2D eigenvalue weighted by Gasteiger charge is 2.20. The van der Waals surface area contributed by atoms with E-state index in [0.29, 0.717) is 16.1 Å². The lowest BCUT2D eigenvalue weighted by Crippen LogP contribution is -2.27. The van der Waals surface area contributed by atoms with Gasteiger partial charge in [-0.05, 0) is 36.6 Å². The summed E-state index contributed by atoms with van der Waals surface area (Å²) < 4.78 is 1.60. The Morgan fingerprint density at radius 1 is 1.08 bits per heavy atom. The molecular weight excluding hydrogens is 346 g/mol. The molecule has 1 aromatic heterocycles. The van der Waals surface area contributed by atoms with Crippen molar-refractivity contribution in [3.63, 3.8) is 0 Å². The molecule has 0 bridgehead atoms. The number of amides is 1. The number of benzene rings is 2.